The number of nitrogens with two attached hydrogens (primary N) is 1. The summed E-state index contributed by atoms with van der Waals surface area (Å²) in [6.45, 7) is 0.510. The third-order valence-corrected chi connectivity index (χ3v) is 2.97. The highest BCUT2D eigenvalue weighted by Crippen LogP contribution is 2.10. The Kier molecular flexibility index (Phi) is 2.71. The van der Waals surface area contributed by atoms with Crippen molar-refractivity contribution < 1.29 is 8.42 Å². The first kappa shape index (κ1) is 10.8. The van der Waals surface area contributed by atoms with Crippen molar-refractivity contribution in [1.29, 1.82) is 0 Å². The van der Waals surface area contributed by atoms with E-state index in [-0.39, 0.29) is 4.90 Å². The van der Waals surface area contributed by atoms with E-state index in [9.17, 15) is 8.42 Å². The molecule has 0 saturated heterocycles. The van der Waals surface area contributed by atoms with Gasteiger partial charge in [0.2, 0.25) is 10.0 Å². The van der Waals surface area contributed by atoms with E-state index in [4.69, 9.17) is 5.14 Å². The smallest absolute Gasteiger partial charge is 0.238 e. The van der Waals surface area contributed by atoms with Crippen LogP contribution >= 0.6 is 0 Å². The Morgan fingerprint density at radius 3 is 2.56 bits per heavy atom. The fraction of sp³-hybridized carbons (Fsp3) is 0.111. The van der Waals surface area contributed by atoms with Crippen molar-refractivity contribution in [3.63, 3.8) is 0 Å². The predicted octanol–water partition coefficient (Wildman–Crippen LogP) is -0.0262. The zero-order chi connectivity index (χ0) is 11.6. The van der Waals surface area contributed by atoms with E-state index in [1.165, 1.54) is 12.1 Å². The SMILES string of the molecule is NS(=O)(=O)c1cccc(Cn2cnnc2)c1. The van der Waals surface area contributed by atoms with Crippen LogP contribution in [0.1, 0.15) is 5.56 Å². The number of aromatic nitrogens is 3. The van der Waals surface area contributed by atoms with Gasteiger partial charge in [-0.3, -0.25) is 0 Å². The van der Waals surface area contributed by atoms with Crippen LogP contribution in [-0.4, -0.2) is 23.2 Å². The van der Waals surface area contributed by atoms with E-state index in [1.54, 1.807) is 23.3 Å². The maximum absolute atomic E-state index is 11.1. The van der Waals surface area contributed by atoms with Gasteiger partial charge in [-0.05, 0) is 17.7 Å². The summed E-state index contributed by atoms with van der Waals surface area (Å²) in [4.78, 5) is 0.109. The molecule has 0 amide bonds. The van der Waals surface area contributed by atoms with E-state index in [0.717, 1.165) is 5.56 Å². The van der Waals surface area contributed by atoms with Crippen LogP contribution in [0.5, 0.6) is 0 Å². The Bertz CT molecular complexity index is 577. The van der Waals surface area contributed by atoms with Crippen LogP contribution in [0.2, 0.25) is 0 Å². The quantitative estimate of drug-likeness (QED) is 0.813. The van der Waals surface area contributed by atoms with Crippen molar-refractivity contribution in [3.05, 3.63) is 42.5 Å². The summed E-state index contributed by atoms with van der Waals surface area (Å²) in [5, 5.41) is 12.4. The van der Waals surface area contributed by atoms with Crippen molar-refractivity contribution in [2.24, 2.45) is 5.14 Å². The van der Waals surface area contributed by atoms with Crippen LogP contribution in [0, 0.1) is 0 Å². The van der Waals surface area contributed by atoms with Gasteiger partial charge in [0.25, 0.3) is 0 Å². The number of rotatable bonds is 3. The molecule has 84 valence electrons. The molecular formula is C9H10N4O2S. The van der Waals surface area contributed by atoms with E-state index in [1.807, 2.05) is 6.07 Å². The predicted molar refractivity (Wildman–Crippen MR) is 56.9 cm³/mol. The van der Waals surface area contributed by atoms with Gasteiger partial charge in [-0.25, -0.2) is 13.6 Å². The zero-order valence-electron chi connectivity index (χ0n) is 8.31. The van der Waals surface area contributed by atoms with Gasteiger partial charge >= 0.3 is 0 Å². The number of hydrogen-bond donors (Lipinski definition) is 1. The molecule has 1 aromatic heterocycles. The highest BCUT2D eigenvalue weighted by Gasteiger charge is 2.07. The van der Waals surface area contributed by atoms with Crippen molar-refractivity contribution >= 4 is 10.0 Å². The first-order valence-corrected chi connectivity index (χ1v) is 6.04. The summed E-state index contributed by atoms with van der Waals surface area (Å²) in [7, 11) is -3.64. The fourth-order valence-electron chi connectivity index (χ4n) is 1.34. The minimum absolute atomic E-state index is 0.109. The molecule has 0 radical (unpaired) electrons. The standard InChI is InChI=1S/C9H10N4O2S/c10-16(14,15)9-3-1-2-8(4-9)5-13-6-11-12-7-13/h1-4,6-7H,5H2,(H2,10,14,15). The summed E-state index contributed by atoms with van der Waals surface area (Å²) in [6, 6.07) is 6.47. The van der Waals surface area contributed by atoms with Crippen molar-refractivity contribution in [2.45, 2.75) is 11.4 Å². The molecule has 0 bridgehead atoms. The summed E-state index contributed by atoms with van der Waals surface area (Å²) >= 11 is 0. The minimum Gasteiger partial charge on any atom is -0.316 e. The number of sulfonamides is 1. The monoisotopic (exact) mass is 238 g/mol. The van der Waals surface area contributed by atoms with Crippen molar-refractivity contribution in [3.8, 4) is 0 Å². The maximum Gasteiger partial charge on any atom is 0.238 e. The fourth-order valence-corrected chi connectivity index (χ4v) is 1.92. The van der Waals surface area contributed by atoms with Gasteiger partial charge in [-0.1, -0.05) is 12.1 Å². The molecule has 0 aliphatic carbocycles. The maximum atomic E-state index is 11.1. The van der Waals surface area contributed by atoms with E-state index in [0.29, 0.717) is 6.54 Å². The molecule has 2 aromatic rings. The molecule has 0 aliphatic rings. The van der Waals surface area contributed by atoms with Crippen molar-refractivity contribution in [1.82, 2.24) is 14.8 Å². The molecule has 1 heterocycles. The zero-order valence-corrected chi connectivity index (χ0v) is 9.13. The summed E-state index contributed by atoms with van der Waals surface area (Å²) in [6.07, 6.45) is 3.12. The Balaban J connectivity index is 2.30. The molecule has 0 aliphatic heterocycles. The molecule has 0 fully saturated rings. The van der Waals surface area contributed by atoms with Crippen LogP contribution in [0.4, 0.5) is 0 Å². The molecule has 6 nitrogen and oxygen atoms in total. The second kappa shape index (κ2) is 4.03. The van der Waals surface area contributed by atoms with Gasteiger partial charge in [0, 0.05) is 0 Å². The largest absolute Gasteiger partial charge is 0.316 e. The first-order valence-electron chi connectivity index (χ1n) is 4.50. The second-order valence-electron chi connectivity index (χ2n) is 3.33. The summed E-state index contributed by atoms with van der Waals surface area (Å²) in [5.74, 6) is 0. The highest BCUT2D eigenvalue weighted by molar-refractivity contribution is 7.89. The normalized spacial score (nSPS) is 11.6. The molecular weight excluding hydrogens is 228 g/mol. The number of primary sulfonamides is 1. The highest BCUT2D eigenvalue weighted by atomic mass is 32.2. The van der Waals surface area contributed by atoms with Gasteiger partial charge < -0.3 is 4.57 Å². The Hall–Kier alpha value is -1.73. The van der Waals surface area contributed by atoms with E-state index < -0.39 is 10.0 Å². The molecule has 1 aromatic carbocycles. The van der Waals surface area contributed by atoms with Gasteiger partial charge in [0.1, 0.15) is 12.7 Å². The van der Waals surface area contributed by atoms with Gasteiger partial charge in [-0.2, -0.15) is 0 Å². The molecule has 0 spiro atoms. The van der Waals surface area contributed by atoms with Crippen LogP contribution in [0.25, 0.3) is 0 Å². The van der Waals surface area contributed by atoms with Crippen molar-refractivity contribution in [2.75, 3.05) is 0 Å². The molecule has 2 rings (SSSR count). The second-order valence-corrected chi connectivity index (χ2v) is 4.89. The minimum atomic E-state index is -3.64. The Morgan fingerprint density at radius 1 is 1.25 bits per heavy atom. The van der Waals surface area contributed by atoms with Gasteiger partial charge in [-0.15, -0.1) is 10.2 Å². The average molecular weight is 238 g/mol. The van der Waals surface area contributed by atoms with Gasteiger partial charge in [0.05, 0.1) is 11.4 Å². The van der Waals surface area contributed by atoms with Crippen LogP contribution in [-0.2, 0) is 16.6 Å². The summed E-state index contributed by atoms with van der Waals surface area (Å²) in [5.41, 5.74) is 0.825. The van der Waals surface area contributed by atoms with Crippen LogP contribution < -0.4 is 5.14 Å². The van der Waals surface area contributed by atoms with Crippen LogP contribution in [0.3, 0.4) is 0 Å². The van der Waals surface area contributed by atoms with E-state index in [2.05, 4.69) is 10.2 Å². The number of hydrogen-bond acceptors (Lipinski definition) is 4. The Morgan fingerprint density at radius 2 is 1.94 bits per heavy atom. The van der Waals surface area contributed by atoms with E-state index >= 15 is 0 Å². The molecule has 0 saturated carbocycles. The number of nitrogens with zero attached hydrogens (tertiary/aromatic N) is 3. The average Bonchev–Trinajstić information content (AvgIpc) is 2.70. The first-order chi connectivity index (χ1) is 7.55. The third kappa shape index (κ3) is 2.44. The lowest BCUT2D eigenvalue weighted by atomic mass is 10.2. The topological polar surface area (TPSA) is 90.9 Å². The molecule has 0 atom stereocenters. The lowest BCUT2D eigenvalue weighted by Crippen LogP contribution is -2.12. The molecule has 2 N–H and O–H groups in total. The van der Waals surface area contributed by atoms with Crippen LogP contribution in [0.15, 0.2) is 41.8 Å². The lowest BCUT2D eigenvalue weighted by Gasteiger charge is -2.03. The lowest BCUT2D eigenvalue weighted by molar-refractivity contribution is 0.597. The molecule has 16 heavy (non-hydrogen) atoms. The third-order valence-electron chi connectivity index (χ3n) is 2.06. The number of benzene rings is 1. The summed E-state index contributed by atoms with van der Waals surface area (Å²) < 4.78 is 24.0. The van der Waals surface area contributed by atoms with Gasteiger partial charge in [0.15, 0.2) is 0 Å². The molecule has 0 unspecified atom stereocenters. The molecule has 7 heteroatoms. The Labute approximate surface area is 92.8 Å².